The topological polar surface area (TPSA) is 102 Å². The molecule has 0 radical (unpaired) electrons. The summed E-state index contributed by atoms with van der Waals surface area (Å²) in [5.41, 5.74) is 10.5. The molecule has 1 rings (SSSR count). The number of primary amides is 1. The fourth-order valence-corrected chi connectivity index (χ4v) is 1.73. The molecular weight excluding hydrogens is 202 g/mol. The number of aliphatic hydroxyl groups excluding tert-OH is 1. The van der Waals surface area contributed by atoms with Gasteiger partial charge in [0.1, 0.15) is 23.2 Å². The third-order valence-electron chi connectivity index (χ3n) is 1.96. The number of carbonyl (C=O) groups excluding carboxylic acids is 1. The monoisotopic (exact) mass is 215 g/mol. The van der Waals surface area contributed by atoms with Crippen LogP contribution in [0.1, 0.15) is 6.42 Å². The van der Waals surface area contributed by atoms with Crippen molar-refractivity contribution in [2.24, 2.45) is 16.5 Å². The maximum absolute atomic E-state index is 10.9. The van der Waals surface area contributed by atoms with Gasteiger partial charge in [-0.25, -0.2) is 0 Å². The first-order valence-corrected chi connectivity index (χ1v) is 5.52. The third-order valence-corrected chi connectivity index (χ3v) is 2.61. The fraction of sp³-hybridized carbons (Fsp3) is 0.500. The zero-order valence-electron chi connectivity index (χ0n) is 7.86. The van der Waals surface area contributed by atoms with Crippen LogP contribution in [0.4, 0.5) is 0 Å². The molecule has 0 saturated carbocycles. The van der Waals surface area contributed by atoms with Crippen LogP contribution in [-0.2, 0) is 4.79 Å². The second-order valence-electron chi connectivity index (χ2n) is 2.94. The van der Waals surface area contributed by atoms with Gasteiger partial charge in [-0.15, -0.1) is 0 Å². The van der Waals surface area contributed by atoms with E-state index in [0.29, 0.717) is 6.42 Å². The average Bonchev–Trinajstić information content (AvgIpc) is 2.38. The van der Waals surface area contributed by atoms with Gasteiger partial charge in [-0.3, -0.25) is 9.79 Å². The molecule has 1 heterocycles. The Hall–Kier alpha value is -1.17. The summed E-state index contributed by atoms with van der Waals surface area (Å²) in [5, 5.41) is 9.59. The molecule has 5 N–H and O–H groups in total. The maximum Gasteiger partial charge on any atom is 0.255 e. The van der Waals surface area contributed by atoms with Crippen LogP contribution >= 0.6 is 11.8 Å². The van der Waals surface area contributed by atoms with Crippen LogP contribution in [0.3, 0.4) is 0 Å². The van der Waals surface area contributed by atoms with Crippen molar-refractivity contribution in [3.8, 4) is 0 Å². The molecule has 0 aromatic rings. The highest BCUT2D eigenvalue weighted by Crippen LogP contribution is 2.21. The molecule has 0 saturated heterocycles. The Labute approximate surface area is 86.3 Å². The van der Waals surface area contributed by atoms with E-state index >= 15 is 0 Å². The van der Waals surface area contributed by atoms with Gasteiger partial charge in [0.2, 0.25) is 0 Å². The van der Waals surface area contributed by atoms with Crippen molar-refractivity contribution in [1.82, 2.24) is 0 Å². The predicted molar refractivity (Wildman–Crippen MR) is 57.3 cm³/mol. The van der Waals surface area contributed by atoms with Crippen molar-refractivity contribution < 1.29 is 9.90 Å². The van der Waals surface area contributed by atoms with E-state index < -0.39 is 11.9 Å². The van der Waals surface area contributed by atoms with E-state index in [1.54, 1.807) is 11.8 Å². The molecule has 0 fully saturated rings. The SMILES string of the molecule is CSCC[C@H]1N=C(N)C(C(N)=O)=C1O. The van der Waals surface area contributed by atoms with E-state index in [1.807, 2.05) is 6.26 Å². The summed E-state index contributed by atoms with van der Waals surface area (Å²) in [6.07, 6.45) is 2.61. The van der Waals surface area contributed by atoms with E-state index in [-0.39, 0.29) is 17.2 Å². The van der Waals surface area contributed by atoms with E-state index in [0.717, 1.165) is 5.75 Å². The number of hydrogen-bond donors (Lipinski definition) is 3. The molecule has 0 spiro atoms. The van der Waals surface area contributed by atoms with Gasteiger partial charge in [0.25, 0.3) is 5.91 Å². The highest BCUT2D eigenvalue weighted by molar-refractivity contribution is 7.98. The first kappa shape index (κ1) is 10.9. The molecule has 6 heteroatoms. The van der Waals surface area contributed by atoms with Gasteiger partial charge in [-0.1, -0.05) is 0 Å². The zero-order valence-corrected chi connectivity index (χ0v) is 8.67. The fourth-order valence-electron chi connectivity index (χ4n) is 1.27. The van der Waals surface area contributed by atoms with Crippen molar-refractivity contribution >= 4 is 23.5 Å². The van der Waals surface area contributed by atoms with Crippen LogP contribution in [0.25, 0.3) is 0 Å². The lowest BCUT2D eigenvalue weighted by atomic mass is 10.1. The Morgan fingerprint density at radius 3 is 2.79 bits per heavy atom. The second kappa shape index (κ2) is 4.36. The summed E-state index contributed by atoms with van der Waals surface area (Å²) in [6, 6.07) is -0.398. The molecule has 1 aliphatic rings. The number of aliphatic imine (C=N–C) groups is 1. The Morgan fingerprint density at radius 2 is 2.36 bits per heavy atom. The summed E-state index contributed by atoms with van der Waals surface area (Å²) in [4.78, 5) is 14.8. The smallest absolute Gasteiger partial charge is 0.255 e. The minimum absolute atomic E-state index is 0.0314. The van der Waals surface area contributed by atoms with Crippen molar-refractivity contribution in [1.29, 1.82) is 0 Å². The average molecular weight is 215 g/mol. The molecule has 14 heavy (non-hydrogen) atoms. The lowest BCUT2D eigenvalue weighted by molar-refractivity contribution is -0.114. The number of thioether (sulfide) groups is 1. The number of nitrogens with two attached hydrogens (primary N) is 2. The maximum atomic E-state index is 10.9. The Morgan fingerprint density at radius 1 is 1.71 bits per heavy atom. The number of carbonyl (C=O) groups is 1. The quantitative estimate of drug-likeness (QED) is 0.603. The predicted octanol–water partition coefficient (Wildman–Crippen LogP) is -0.224. The molecule has 0 aliphatic carbocycles. The first-order valence-electron chi connectivity index (χ1n) is 4.13. The van der Waals surface area contributed by atoms with Crippen LogP contribution in [0.5, 0.6) is 0 Å². The van der Waals surface area contributed by atoms with Gasteiger partial charge in [-0.2, -0.15) is 11.8 Å². The van der Waals surface area contributed by atoms with Gasteiger partial charge in [-0.05, 0) is 18.4 Å². The van der Waals surface area contributed by atoms with Crippen LogP contribution in [0.2, 0.25) is 0 Å². The zero-order chi connectivity index (χ0) is 10.7. The Kier molecular flexibility index (Phi) is 3.40. The largest absolute Gasteiger partial charge is 0.509 e. The first-order chi connectivity index (χ1) is 6.57. The summed E-state index contributed by atoms with van der Waals surface area (Å²) in [7, 11) is 0. The van der Waals surface area contributed by atoms with Crippen molar-refractivity contribution in [2.75, 3.05) is 12.0 Å². The Balaban J connectivity index is 2.80. The van der Waals surface area contributed by atoms with Crippen LogP contribution in [0, 0.1) is 0 Å². The summed E-state index contributed by atoms with van der Waals surface area (Å²) < 4.78 is 0. The van der Waals surface area contributed by atoms with Gasteiger partial charge in [0.05, 0.1) is 0 Å². The van der Waals surface area contributed by atoms with E-state index in [9.17, 15) is 9.90 Å². The van der Waals surface area contributed by atoms with E-state index in [1.165, 1.54) is 0 Å². The van der Waals surface area contributed by atoms with E-state index in [4.69, 9.17) is 11.5 Å². The molecule has 1 amide bonds. The molecule has 1 aliphatic heterocycles. The van der Waals surface area contributed by atoms with Crippen molar-refractivity contribution in [3.63, 3.8) is 0 Å². The van der Waals surface area contributed by atoms with Gasteiger partial charge in [0.15, 0.2) is 0 Å². The van der Waals surface area contributed by atoms with Crippen LogP contribution in [0.15, 0.2) is 16.3 Å². The summed E-state index contributed by atoms with van der Waals surface area (Å²) in [5.74, 6) is 0.0675. The highest BCUT2D eigenvalue weighted by Gasteiger charge is 2.29. The summed E-state index contributed by atoms with van der Waals surface area (Å²) >= 11 is 1.64. The molecule has 5 nitrogen and oxygen atoms in total. The molecule has 1 atom stereocenters. The number of rotatable bonds is 4. The van der Waals surface area contributed by atoms with Gasteiger partial charge >= 0.3 is 0 Å². The van der Waals surface area contributed by atoms with Gasteiger partial charge in [0, 0.05) is 0 Å². The minimum atomic E-state index is -0.726. The molecule has 0 aromatic heterocycles. The van der Waals surface area contributed by atoms with Crippen molar-refractivity contribution in [3.05, 3.63) is 11.3 Å². The number of amidine groups is 1. The third kappa shape index (κ3) is 2.01. The van der Waals surface area contributed by atoms with Crippen molar-refractivity contribution in [2.45, 2.75) is 12.5 Å². The second-order valence-corrected chi connectivity index (χ2v) is 3.92. The van der Waals surface area contributed by atoms with Crippen LogP contribution < -0.4 is 11.5 Å². The normalized spacial score (nSPS) is 21.2. The summed E-state index contributed by atoms with van der Waals surface area (Å²) in [6.45, 7) is 0. The lowest BCUT2D eigenvalue weighted by Gasteiger charge is -2.05. The van der Waals surface area contributed by atoms with E-state index in [2.05, 4.69) is 4.99 Å². The molecule has 78 valence electrons. The number of nitrogens with zero attached hydrogens (tertiary/aromatic N) is 1. The molecule has 0 unspecified atom stereocenters. The number of hydrogen-bond acceptors (Lipinski definition) is 5. The Bertz CT molecular complexity index is 312. The van der Waals surface area contributed by atoms with Crippen LogP contribution in [-0.4, -0.2) is 34.9 Å². The van der Waals surface area contributed by atoms with Gasteiger partial charge < -0.3 is 16.6 Å². The lowest BCUT2D eigenvalue weighted by Crippen LogP contribution is -2.25. The molecular formula is C8H13N3O2S. The standard InChI is InChI=1S/C8H13N3O2S/c1-14-3-2-4-6(12)5(8(10)13)7(9)11-4/h4,12H,2-3H2,1H3,(H2,9,11)(H2,10,13)/t4-/m1/s1. The minimum Gasteiger partial charge on any atom is -0.509 e. The number of aliphatic hydroxyl groups is 1. The highest BCUT2D eigenvalue weighted by atomic mass is 32.2. The number of amides is 1. The molecule has 0 bridgehead atoms. The molecule has 0 aromatic carbocycles.